The average Bonchev–Trinajstić information content (AvgIpc) is 2.66. The van der Waals surface area contributed by atoms with E-state index in [2.05, 4.69) is 0 Å². The first-order valence-corrected chi connectivity index (χ1v) is 5.18. The molecule has 0 bridgehead atoms. The Balaban J connectivity index is 2.11. The van der Waals surface area contributed by atoms with Gasteiger partial charge in [0.15, 0.2) is 0 Å². The van der Waals surface area contributed by atoms with Crippen LogP contribution >= 0.6 is 11.6 Å². The van der Waals surface area contributed by atoms with E-state index >= 15 is 0 Å². The van der Waals surface area contributed by atoms with E-state index in [1.165, 1.54) is 0 Å². The van der Waals surface area contributed by atoms with Crippen molar-refractivity contribution in [1.82, 2.24) is 0 Å². The maximum atomic E-state index is 10.6. The van der Waals surface area contributed by atoms with E-state index in [4.69, 9.17) is 11.6 Å². The van der Waals surface area contributed by atoms with Gasteiger partial charge in [0.1, 0.15) is 0 Å². The van der Waals surface area contributed by atoms with E-state index in [0.29, 0.717) is 18.0 Å². The molecule has 0 amide bonds. The Kier molecular flexibility index (Phi) is 2.77. The molecule has 0 aromatic heterocycles. The van der Waals surface area contributed by atoms with E-state index in [-0.39, 0.29) is 4.92 Å². The van der Waals surface area contributed by atoms with Gasteiger partial charge in [-0.1, -0.05) is 17.7 Å². The Morgan fingerprint density at radius 1 is 1.53 bits per heavy atom. The summed E-state index contributed by atoms with van der Waals surface area (Å²) >= 11 is 5.86. The second-order valence-electron chi connectivity index (χ2n) is 3.65. The van der Waals surface area contributed by atoms with E-state index in [0.717, 1.165) is 12.2 Å². The van der Waals surface area contributed by atoms with Gasteiger partial charge in [0, 0.05) is 28.6 Å². The summed E-state index contributed by atoms with van der Waals surface area (Å²) in [5.74, 6) is 0. The fourth-order valence-electron chi connectivity index (χ4n) is 1.82. The normalized spacial score (nSPS) is 20.6. The van der Waals surface area contributed by atoms with Gasteiger partial charge in [-0.3, -0.25) is 10.1 Å². The first kappa shape index (κ1) is 10.2. The summed E-state index contributed by atoms with van der Waals surface area (Å²) in [5, 5.41) is 11.3. The average molecular weight is 227 g/mol. The Bertz CT molecular complexity index is 383. The minimum Gasteiger partial charge on any atom is -0.364 e. The van der Waals surface area contributed by atoms with Crippen LogP contribution in [-0.2, 0) is 0 Å². The van der Waals surface area contributed by atoms with Crippen LogP contribution in [0.1, 0.15) is 6.42 Å². The number of nitro groups is 1. The van der Waals surface area contributed by atoms with Crippen LogP contribution in [0.25, 0.3) is 0 Å². The standard InChI is InChI=1S/C10H11ClN2O2/c11-8-2-1-3-9(6-8)12-5-4-10(7-12)13(14)15/h1-3,6,10H,4-5,7H2. The van der Waals surface area contributed by atoms with Gasteiger partial charge < -0.3 is 4.90 Å². The zero-order valence-corrected chi connectivity index (χ0v) is 8.85. The highest BCUT2D eigenvalue weighted by atomic mass is 35.5. The third-order valence-electron chi connectivity index (χ3n) is 2.63. The van der Waals surface area contributed by atoms with Crippen LogP contribution in [0, 0.1) is 10.1 Å². The van der Waals surface area contributed by atoms with Crippen molar-refractivity contribution >= 4 is 17.3 Å². The third-order valence-corrected chi connectivity index (χ3v) is 2.87. The second-order valence-corrected chi connectivity index (χ2v) is 4.09. The molecule has 80 valence electrons. The maximum absolute atomic E-state index is 10.6. The molecule has 1 aliphatic rings. The second kappa shape index (κ2) is 4.06. The number of rotatable bonds is 2. The molecule has 5 heteroatoms. The fourth-order valence-corrected chi connectivity index (χ4v) is 2.01. The van der Waals surface area contributed by atoms with Gasteiger partial charge in [-0.15, -0.1) is 0 Å². The van der Waals surface area contributed by atoms with E-state index in [9.17, 15) is 10.1 Å². The zero-order valence-electron chi connectivity index (χ0n) is 8.10. The molecule has 1 fully saturated rings. The van der Waals surface area contributed by atoms with E-state index in [1.54, 1.807) is 6.07 Å². The molecule has 0 saturated carbocycles. The molecule has 1 heterocycles. The largest absolute Gasteiger partial charge is 0.364 e. The number of hydrogen-bond acceptors (Lipinski definition) is 3. The summed E-state index contributed by atoms with van der Waals surface area (Å²) in [6.45, 7) is 1.21. The van der Waals surface area contributed by atoms with Crippen molar-refractivity contribution in [3.8, 4) is 0 Å². The van der Waals surface area contributed by atoms with Crippen LogP contribution in [0.5, 0.6) is 0 Å². The van der Waals surface area contributed by atoms with Crippen LogP contribution in [-0.4, -0.2) is 24.1 Å². The van der Waals surface area contributed by atoms with Crippen molar-refractivity contribution in [3.05, 3.63) is 39.4 Å². The van der Waals surface area contributed by atoms with Crippen molar-refractivity contribution in [1.29, 1.82) is 0 Å². The SMILES string of the molecule is O=[N+]([O-])C1CCN(c2cccc(Cl)c2)C1. The highest BCUT2D eigenvalue weighted by molar-refractivity contribution is 6.30. The topological polar surface area (TPSA) is 46.4 Å². The number of anilines is 1. The highest BCUT2D eigenvalue weighted by Gasteiger charge is 2.30. The highest BCUT2D eigenvalue weighted by Crippen LogP contribution is 2.24. The fraction of sp³-hybridized carbons (Fsp3) is 0.400. The van der Waals surface area contributed by atoms with Crippen molar-refractivity contribution in [2.24, 2.45) is 0 Å². The van der Waals surface area contributed by atoms with Crippen LogP contribution in [0.2, 0.25) is 5.02 Å². The van der Waals surface area contributed by atoms with Gasteiger partial charge in [-0.2, -0.15) is 0 Å². The molecule has 1 unspecified atom stereocenters. The smallest absolute Gasteiger partial charge is 0.232 e. The summed E-state index contributed by atoms with van der Waals surface area (Å²) in [6, 6.07) is 6.98. The van der Waals surface area contributed by atoms with Gasteiger partial charge in [0.2, 0.25) is 6.04 Å². The lowest BCUT2D eigenvalue weighted by Gasteiger charge is -2.16. The van der Waals surface area contributed by atoms with Crippen molar-refractivity contribution in [3.63, 3.8) is 0 Å². The third kappa shape index (κ3) is 2.21. The van der Waals surface area contributed by atoms with Crippen molar-refractivity contribution in [2.75, 3.05) is 18.0 Å². The lowest BCUT2D eigenvalue weighted by molar-refractivity contribution is -0.516. The van der Waals surface area contributed by atoms with Crippen LogP contribution in [0.4, 0.5) is 5.69 Å². The molecular formula is C10H11ClN2O2. The number of hydrogen-bond donors (Lipinski definition) is 0. The summed E-state index contributed by atoms with van der Waals surface area (Å²) in [7, 11) is 0. The van der Waals surface area contributed by atoms with Gasteiger partial charge in [-0.25, -0.2) is 0 Å². The van der Waals surface area contributed by atoms with E-state index < -0.39 is 6.04 Å². The molecule has 2 rings (SSSR count). The van der Waals surface area contributed by atoms with Gasteiger partial charge in [0.05, 0.1) is 6.54 Å². The first-order chi connectivity index (χ1) is 7.16. The Hall–Kier alpha value is -1.29. The number of nitrogens with zero attached hydrogens (tertiary/aromatic N) is 2. The maximum Gasteiger partial charge on any atom is 0.232 e. The van der Waals surface area contributed by atoms with Crippen LogP contribution < -0.4 is 4.90 Å². The van der Waals surface area contributed by atoms with Gasteiger partial charge in [-0.05, 0) is 18.2 Å². The van der Waals surface area contributed by atoms with E-state index in [1.807, 2.05) is 23.1 Å². The molecular weight excluding hydrogens is 216 g/mol. The molecule has 1 saturated heterocycles. The molecule has 0 spiro atoms. The molecule has 0 radical (unpaired) electrons. The molecule has 15 heavy (non-hydrogen) atoms. The molecule has 1 aromatic rings. The predicted octanol–water partition coefficient (Wildman–Crippen LogP) is 2.20. The number of benzene rings is 1. The molecule has 1 atom stereocenters. The van der Waals surface area contributed by atoms with Crippen LogP contribution in [0.15, 0.2) is 24.3 Å². The molecule has 1 aromatic carbocycles. The summed E-state index contributed by atoms with van der Waals surface area (Å²) in [5.41, 5.74) is 0.965. The molecule has 0 aliphatic carbocycles. The summed E-state index contributed by atoms with van der Waals surface area (Å²) < 4.78 is 0. The summed E-state index contributed by atoms with van der Waals surface area (Å²) in [6.07, 6.45) is 0.611. The lowest BCUT2D eigenvalue weighted by atomic mass is 10.3. The Morgan fingerprint density at radius 2 is 2.33 bits per heavy atom. The molecule has 1 aliphatic heterocycles. The van der Waals surface area contributed by atoms with Crippen LogP contribution in [0.3, 0.4) is 0 Å². The lowest BCUT2D eigenvalue weighted by Crippen LogP contribution is -2.25. The Labute approximate surface area is 92.6 Å². The van der Waals surface area contributed by atoms with Crippen molar-refractivity contribution < 1.29 is 4.92 Å². The minimum atomic E-state index is -0.441. The number of halogens is 1. The van der Waals surface area contributed by atoms with Gasteiger partial charge in [0.25, 0.3) is 0 Å². The summed E-state index contributed by atoms with van der Waals surface area (Å²) in [4.78, 5) is 12.4. The monoisotopic (exact) mass is 226 g/mol. The molecule has 0 N–H and O–H groups in total. The first-order valence-electron chi connectivity index (χ1n) is 4.81. The molecule has 4 nitrogen and oxygen atoms in total. The van der Waals surface area contributed by atoms with Gasteiger partial charge >= 0.3 is 0 Å². The quantitative estimate of drug-likeness (QED) is 0.574. The minimum absolute atomic E-state index is 0.204. The van der Waals surface area contributed by atoms with Crippen molar-refractivity contribution in [2.45, 2.75) is 12.5 Å². The zero-order chi connectivity index (χ0) is 10.8. The Morgan fingerprint density at radius 3 is 2.93 bits per heavy atom. The predicted molar refractivity (Wildman–Crippen MR) is 59.1 cm³/mol.